The number of aromatic nitrogens is 5. The van der Waals surface area contributed by atoms with Gasteiger partial charge in [-0.3, -0.25) is 9.89 Å². The van der Waals surface area contributed by atoms with Gasteiger partial charge in [0.25, 0.3) is 5.91 Å². The maximum absolute atomic E-state index is 13.4. The molecule has 130 valence electrons. The summed E-state index contributed by atoms with van der Waals surface area (Å²) in [6, 6.07) is 5.83. The Morgan fingerprint density at radius 1 is 1.35 bits per heavy atom. The predicted molar refractivity (Wildman–Crippen MR) is 91.5 cm³/mol. The van der Waals surface area contributed by atoms with E-state index in [2.05, 4.69) is 25.6 Å². The van der Waals surface area contributed by atoms with E-state index in [4.69, 9.17) is 4.74 Å². The molecule has 0 aliphatic carbocycles. The average molecular weight is 352 g/mol. The van der Waals surface area contributed by atoms with Crippen molar-refractivity contribution in [1.29, 1.82) is 0 Å². The van der Waals surface area contributed by atoms with Crippen LogP contribution in [0.1, 0.15) is 10.4 Å². The van der Waals surface area contributed by atoms with Crippen LogP contribution in [0.2, 0.25) is 0 Å². The fourth-order valence-corrected chi connectivity index (χ4v) is 2.63. The van der Waals surface area contributed by atoms with Crippen LogP contribution in [0.3, 0.4) is 0 Å². The van der Waals surface area contributed by atoms with E-state index < -0.39 is 5.82 Å². The topological polar surface area (TPSA) is 97.2 Å². The lowest BCUT2D eigenvalue weighted by atomic mass is 10.1. The van der Waals surface area contributed by atoms with Crippen molar-refractivity contribution >= 4 is 17.2 Å². The highest BCUT2D eigenvalue weighted by molar-refractivity contribution is 6.09. The number of hydrogen-bond acceptors (Lipinski definition) is 5. The van der Waals surface area contributed by atoms with E-state index in [0.29, 0.717) is 33.9 Å². The summed E-state index contributed by atoms with van der Waals surface area (Å²) < 4.78 is 20.2. The fraction of sp³-hybridized carbons (Fsp3) is 0.0588. The number of carbonyl (C=O) groups is 1. The summed E-state index contributed by atoms with van der Waals surface area (Å²) in [5.74, 6) is -0.488. The lowest BCUT2D eigenvalue weighted by Crippen LogP contribution is -2.12. The second-order valence-corrected chi connectivity index (χ2v) is 5.40. The Balaban J connectivity index is 1.69. The normalized spacial score (nSPS) is 10.8. The first kappa shape index (κ1) is 15.8. The van der Waals surface area contributed by atoms with Crippen LogP contribution >= 0.6 is 0 Å². The Bertz CT molecular complexity index is 1100. The number of anilines is 1. The van der Waals surface area contributed by atoms with Crippen molar-refractivity contribution in [2.75, 3.05) is 12.4 Å². The monoisotopic (exact) mass is 352 g/mol. The first-order chi connectivity index (χ1) is 12.7. The molecule has 9 heteroatoms. The number of hydrogen-bond donors (Lipinski definition) is 2. The molecule has 0 saturated heterocycles. The molecule has 3 heterocycles. The SMILES string of the molecule is COc1cc(F)ccc1-c1[nH]ncc1NC(=O)c1cnn2cccnc12. The number of fused-ring (bicyclic) bond motifs is 1. The minimum absolute atomic E-state index is 0.322. The molecule has 0 radical (unpaired) electrons. The van der Waals surface area contributed by atoms with Gasteiger partial charge in [-0.25, -0.2) is 13.9 Å². The molecular formula is C17H13FN6O2. The zero-order chi connectivity index (χ0) is 18.1. The highest BCUT2D eigenvalue weighted by atomic mass is 19.1. The molecule has 0 unspecified atom stereocenters. The largest absolute Gasteiger partial charge is 0.496 e. The van der Waals surface area contributed by atoms with Gasteiger partial charge in [0.15, 0.2) is 5.65 Å². The van der Waals surface area contributed by atoms with Crippen molar-refractivity contribution in [3.63, 3.8) is 0 Å². The van der Waals surface area contributed by atoms with E-state index in [1.807, 2.05) is 0 Å². The molecule has 4 aromatic rings. The number of methoxy groups -OCH3 is 1. The van der Waals surface area contributed by atoms with Crippen molar-refractivity contribution < 1.29 is 13.9 Å². The van der Waals surface area contributed by atoms with Gasteiger partial charge in [-0.05, 0) is 18.2 Å². The van der Waals surface area contributed by atoms with Gasteiger partial charge in [0.1, 0.15) is 17.1 Å². The van der Waals surface area contributed by atoms with Crippen LogP contribution in [0.25, 0.3) is 16.9 Å². The molecule has 1 amide bonds. The minimum Gasteiger partial charge on any atom is -0.496 e. The number of nitrogens with zero attached hydrogens (tertiary/aromatic N) is 4. The quantitative estimate of drug-likeness (QED) is 0.588. The van der Waals surface area contributed by atoms with Crippen LogP contribution in [-0.2, 0) is 0 Å². The summed E-state index contributed by atoms with van der Waals surface area (Å²) in [6.07, 6.45) is 6.19. The Morgan fingerprint density at radius 3 is 3.08 bits per heavy atom. The summed E-state index contributed by atoms with van der Waals surface area (Å²) >= 11 is 0. The van der Waals surface area contributed by atoms with Crippen LogP contribution in [0, 0.1) is 5.82 Å². The Kier molecular flexibility index (Phi) is 3.81. The van der Waals surface area contributed by atoms with Crippen molar-refractivity contribution in [1.82, 2.24) is 24.8 Å². The summed E-state index contributed by atoms with van der Waals surface area (Å²) in [7, 11) is 1.44. The summed E-state index contributed by atoms with van der Waals surface area (Å²) in [4.78, 5) is 16.8. The molecule has 0 aliphatic heterocycles. The van der Waals surface area contributed by atoms with Crippen LogP contribution in [0.15, 0.2) is 49.1 Å². The van der Waals surface area contributed by atoms with E-state index in [1.165, 1.54) is 36.2 Å². The molecule has 3 aromatic heterocycles. The maximum Gasteiger partial charge on any atom is 0.261 e. The molecule has 0 spiro atoms. The number of carbonyl (C=O) groups excluding carboxylic acids is 1. The zero-order valence-corrected chi connectivity index (χ0v) is 13.6. The molecule has 4 rings (SSSR count). The predicted octanol–water partition coefficient (Wildman–Crippen LogP) is 2.52. The number of halogens is 1. The Labute approximate surface area is 146 Å². The van der Waals surface area contributed by atoms with Crippen molar-refractivity contribution in [3.8, 4) is 17.0 Å². The first-order valence-corrected chi connectivity index (χ1v) is 7.64. The van der Waals surface area contributed by atoms with Gasteiger partial charge in [-0.2, -0.15) is 10.2 Å². The lowest BCUT2D eigenvalue weighted by molar-refractivity contribution is 0.102. The van der Waals surface area contributed by atoms with E-state index in [-0.39, 0.29) is 5.91 Å². The standard InChI is InChI=1S/C17H13FN6O2/c1-26-14-7-10(18)3-4-11(14)15-13(9-20-23-15)22-17(25)12-8-21-24-6-2-5-19-16(12)24/h2-9H,1H3,(H,20,23)(H,22,25). The van der Waals surface area contributed by atoms with E-state index in [1.54, 1.807) is 24.5 Å². The molecule has 0 aliphatic rings. The second-order valence-electron chi connectivity index (χ2n) is 5.40. The van der Waals surface area contributed by atoms with Crippen LogP contribution in [0.5, 0.6) is 5.75 Å². The van der Waals surface area contributed by atoms with Gasteiger partial charge < -0.3 is 10.1 Å². The second kappa shape index (κ2) is 6.28. The Morgan fingerprint density at radius 2 is 2.23 bits per heavy atom. The molecule has 0 bridgehead atoms. The van der Waals surface area contributed by atoms with E-state index in [9.17, 15) is 9.18 Å². The smallest absolute Gasteiger partial charge is 0.261 e. The molecule has 26 heavy (non-hydrogen) atoms. The van der Waals surface area contributed by atoms with Crippen LogP contribution < -0.4 is 10.1 Å². The van der Waals surface area contributed by atoms with Gasteiger partial charge in [0, 0.05) is 24.0 Å². The number of amides is 1. The van der Waals surface area contributed by atoms with Gasteiger partial charge in [0.05, 0.1) is 30.9 Å². The maximum atomic E-state index is 13.4. The number of ether oxygens (including phenoxy) is 1. The lowest BCUT2D eigenvalue weighted by Gasteiger charge is -2.09. The van der Waals surface area contributed by atoms with Crippen LogP contribution in [-0.4, -0.2) is 37.8 Å². The highest BCUT2D eigenvalue weighted by Gasteiger charge is 2.18. The third-order valence-corrected chi connectivity index (χ3v) is 3.84. The zero-order valence-electron chi connectivity index (χ0n) is 13.6. The van der Waals surface area contributed by atoms with Gasteiger partial charge >= 0.3 is 0 Å². The van der Waals surface area contributed by atoms with Crippen LogP contribution in [0.4, 0.5) is 10.1 Å². The number of H-pyrrole nitrogens is 1. The molecule has 0 saturated carbocycles. The number of nitrogens with one attached hydrogen (secondary N) is 2. The number of benzene rings is 1. The van der Waals surface area contributed by atoms with Gasteiger partial charge in [0.2, 0.25) is 0 Å². The molecule has 0 fully saturated rings. The summed E-state index contributed by atoms with van der Waals surface area (Å²) in [6.45, 7) is 0. The number of aromatic amines is 1. The summed E-state index contributed by atoms with van der Waals surface area (Å²) in [5, 5.41) is 13.6. The van der Waals surface area contributed by atoms with E-state index in [0.717, 1.165) is 0 Å². The average Bonchev–Trinajstić information content (AvgIpc) is 3.28. The van der Waals surface area contributed by atoms with E-state index >= 15 is 0 Å². The van der Waals surface area contributed by atoms with Crippen molar-refractivity contribution in [2.45, 2.75) is 0 Å². The molecule has 0 atom stereocenters. The van der Waals surface area contributed by atoms with Gasteiger partial charge in [-0.15, -0.1) is 0 Å². The molecule has 2 N–H and O–H groups in total. The third-order valence-electron chi connectivity index (χ3n) is 3.84. The van der Waals surface area contributed by atoms with Gasteiger partial charge in [-0.1, -0.05) is 0 Å². The Hall–Kier alpha value is -3.75. The summed E-state index contributed by atoms with van der Waals surface area (Å²) in [5.41, 5.74) is 2.26. The van der Waals surface area contributed by atoms with Crippen molar-refractivity contribution in [2.24, 2.45) is 0 Å². The molecular weight excluding hydrogens is 339 g/mol. The highest BCUT2D eigenvalue weighted by Crippen LogP contribution is 2.34. The third kappa shape index (κ3) is 2.65. The van der Waals surface area contributed by atoms with Crippen molar-refractivity contribution in [3.05, 3.63) is 60.4 Å². The molecule has 8 nitrogen and oxygen atoms in total. The fourth-order valence-electron chi connectivity index (χ4n) is 2.63. The first-order valence-electron chi connectivity index (χ1n) is 7.64. The molecule has 1 aromatic carbocycles. The number of rotatable bonds is 4. The minimum atomic E-state index is -0.423.